The molecule has 654 valence electrons. The molecule has 4 aliphatic rings. The molecular weight excluding hydrogens is 1640 g/mol. The van der Waals surface area contributed by atoms with Crippen molar-refractivity contribution in [3.63, 3.8) is 0 Å². The van der Waals surface area contributed by atoms with Gasteiger partial charge in [-0.3, -0.25) is 9.97 Å². The molecular formula is C93H139BrN12O10Si4. The minimum Gasteiger partial charge on any atom is -0.499 e. The molecule has 4 bridgehead atoms. The molecule has 4 atom stereocenters. The molecule has 0 radical (unpaired) electrons. The highest BCUT2D eigenvalue weighted by molar-refractivity contribution is 9.10. The smallest absolute Gasteiger partial charge is 0.410 e. The van der Waals surface area contributed by atoms with Crippen molar-refractivity contribution in [2.24, 2.45) is 0 Å². The van der Waals surface area contributed by atoms with Crippen LogP contribution in [0.3, 0.4) is 0 Å². The van der Waals surface area contributed by atoms with Gasteiger partial charge in [-0.2, -0.15) is 19.2 Å². The van der Waals surface area contributed by atoms with Crippen LogP contribution >= 0.6 is 15.9 Å². The fourth-order valence-corrected chi connectivity index (χ4v) is 19.8. The summed E-state index contributed by atoms with van der Waals surface area (Å²) in [7, 11) is -5.29. The molecule has 0 aliphatic carbocycles. The molecule has 0 spiro atoms. The van der Waals surface area contributed by atoms with E-state index in [2.05, 4.69) is 166 Å². The van der Waals surface area contributed by atoms with Crippen molar-refractivity contribution >= 4 is 89.1 Å². The predicted molar refractivity (Wildman–Crippen MR) is 502 cm³/mol. The Kier molecular flexibility index (Phi) is 32.9. The van der Waals surface area contributed by atoms with Crippen LogP contribution in [0.2, 0.25) is 103 Å². The van der Waals surface area contributed by atoms with E-state index in [0.29, 0.717) is 71.4 Å². The maximum Gasteiger partial charge on any atom is 0.410 e. The average Bonchev–Trinajstić information content (AvgIpc) is 1.43. The first-order valence-electron chi connectivity index (χ1n) is 43.6. The maximum absolute atomic E-state index is 13.7. The number of fused-ring (bicyclic) bond motifs is 6. The van der Waals surface area contributed by atoms with E-state index in [9.17, 15) is 9.59 Å². The lowest BCUT2D eigenvalue weighted by atomic mass is 9.76. The third-order valence-electron chi connectivity index (χ3n) is 22.0. The van der Waals surface area contributed by atoms with E-state index in [-0.39, 0.29) is 48.2 Å². The monoisotopic (exact) mass is 1770 g/mol. The SMILES string of the molecule is C=C(C)OCC.C=C(OCC)c1c(C2CC3CCCC(C2)N3C(=O)OC(C)(C)C)nc2c(-c3ccc(-c4ccccc4)nc3)cnn2c1N(COCC[Si](C)(C)C)COCC[Si](C)(C)C.CC(C)(C)OC(=O)N1C2CCCC1CC(c1nc3c(-c4ccc(-c5ccccc5)nc4)cnn3c(N(COCC[Si](C)(C)C)COCC[Si](C)(C)C)c1Br)C2. The summed E-state index contributed by atoms with van der Waals surface area (Å²) in [4.78, 5) is 56.4. The summed E-state index contributed by atoms with van der Waals surface area (Å²) in [6.45, 7) is 59.1. The Labute approximate surface area is 728 Å². The summed E-state index contributed by atoms with van der Waals surface area (Å²) in [5.41, 5.74) is 10.6. The number of anilines is 2. The first kappa shape index (κ1) is 94.6. The number of halogens is 1. The van der Waals surface area contributed by atoms with Crippen molar-refractivity contribution in [1.29, 1.82) is 0 Å². The van der Waals surface area contributed by atoms with Crippen molar-refractivity contribution in [2.75, 3.05) is 76.4 Å². The van der Waals surface area contributed by atoms with Gasteiger partial charge in [0.15, 0.2) is 17.1 Å². The molecule has 120 heavy (non-hydrogen) atoms. The van der Waals surface area contributed by atoms with Crippen molar-refractivity contribution in [3.05, 3.63) is 150 Å². The third-order valence-corrected chi connectivity index (χ3v) is 29.6. The van der Waals surface area contributed by atoms with Gasteiger partial charge < -0.3 is 57.5 Å². The highest BCUT2D eigenvalue weighted by Gasteiger charge is 2.47. The number of piperidine rings is 4. The predicted octanol–water partition coefficient (Wildman–Crippen LogP) is 23.2. The molecule has 8 aromatic rings. The number of benzene rings is 2. The molecule has 22 nitrogen and oxygen atoms in total. The molecule has 4 saturated heterocycles. The van der Waals surface area contributed by atoms with Gasteiger partial charge in [0, 0.05) is 141 Å². The van der Waals surface area contributed by atoms with E-state index in [0.717, 1.165) is 184 Å². The van der Waals surface area contributed by atoms with Crippen LogP contribution in [0, 0.1) is 0 Å². The molecule has 27 heteroatoms. The lowest BCUT2D eigenvalue weighted by molar-refractivity contribution is -0.0228. The van der Waals surface area contributed by atoms with Crippen LogP contribution in [0.5, 0.6) is 0 Å². The largest absolute Gasteiger partial charge is 0.499 e. The molecule has 12 rings (SSSR count). The van der Waals surface area contributed by atoms with E-state index in [1.165, 1.54) is 0 Å². The number of carbonyl (C=O) groups excluding carboxylic acids is 2. The molecule has 4 unspecified atom stereocenters. The number of pyridine rings is 2. The maximum atomic E-state index is 13.7. The van der Waals surface area contributed by atoms with Gasteiger partial charge in [-0.15, -0.1) is 0 Å². The van der Waals surface area contributed by atoms with E-state index < -0.39 is 43.5 Å². The zero-order chi connectivity index (χ0) is 87.1. The molecule has 0 N–H and O–H groups in total. The third kappa shape index (κ3) is 26.7. The second-order valence-corrected chi connectivity index (χ2v) is 62.8. The highest BCUT2D eigenvalue weighted by Crippen LogP contribution is 2.49. The van der Waals surface area contributed by atoms with Crippen LogP contribution in [0.25, 0.3) is 61.8 Å². The summed E-state index contributed by atoms with van der Waals surface area (Å²) >= 11 is 4.10. The second-order valence-electron chi connectivity index (χ2n) is 39.6. The molecule has 4 fully saturated rings. The van der Waals surface area contributed by atoms with Crippen molar-refractivity contribution < 1.29 is 47.5 Å². The zero-order valence-corrected chi connectivity index (χ0v) is 81.7. The Hall–Kier alpha value is -7.61. The lowest BCUT2D eigenvalue weighted by Crippen LogP contribution is -2.55. The van der Waals surface area contributed by atoms with Gasteiger partial charge >= 0.3 is 12.2 Å². The fraction of sp³-hybridized carbons (Fsp3) is 0.570. The second kappa shape index (κ2) is 41.7. The molecule has 2 amide bonds. The Morgan fingerprint density at radius 3 is 1.15 bits per heavy atom. The standard InChI is InChI=1S/C46H68N6O5Si2.C42H61BrN6O4Si2.C5H10O/c1-12-56-33(2)41-42(36-27-37-19-16-20-38(28-36)51(37)45(53)57-46(3,4)5)49-43-39(35-21-22-40(47-29-35)34-17-14-13-15-18-34)30-48-52(43)44(41)50(31-54-23-25-58(6,7)8)32-55-24-26-59(9,10)11;1-42(2,3)53-41(50)48-33-16-13-17-34(48)25-32(24-33)38-37(43)40(47(28-51-20-22-54(4,5)6)29-52-21-23-55(7,8)9)49-39(46-38)35(27-45-49)31-18-19-36(44-26-31)30-14-11-10-12-15-30;1-4-6-5(2)3/h13-15,17-18,21-22,29-30,36-38H,2,12,16,19-20,23-28,31-32H2,1,3-11H3;10-12,14-15,18-19,26-27,32-34H,13,16-17,20-25,28-29H2,1-9H3;2,4H2,1,3H3. The number of aromatic nitrogens is 8. The Morgan fingerprint density at radius 2 is 0.825 bits per heavy atom. The summed E-state index contributed by atoms with van der Waals surface area (Å²) in [5.74, 6) is 3.11. The molecule has 2 aromatic carbocycles. The van der Waals surface area contributed by atoms with Gasteiger partial charge in [0.1, 0.15) is 49.7 Å². The molecule has 0 saturated carbocycles. The van der Waals surface area contributed by atoms with Crippen LogP contribution in [0.15, 0.2) is 133 Å². The number of rotatable bonds is 33. The first-order valence-corrected chi connectivity index (χ1v) is 59.3. The number of hydrogen-bond donors (Lipinski definition) is 0. The van der Waals surface area contributed by atoms with Gasteiger partial charge in [-0.25, -0.2) is 19.6 Å². The summed E-state index contributed by atoms with van der Waals surface area (Å²) < 4.78 is 53.8. The van der Waals surface area contributed by atoms with Crippen LogP contribution in [0.1, 0.15) is 155 Å². The van der Waals surface area contributed by atoms with Gasteiger partial charge in [-0.1, -0.05) is 165 Å². The van der Waals surface area contributed by atoms with Crippen LogP contribution in [0.4, 0.5) is 21.2 Å². The van der Waals surface area contributed by atoms with E-state index in [1.807, 2.05) is 142 Å². The average molecular weight is 1780 g/mol. The topological polar surface area (TPSA) is 207 Å². The minimum atomic E-state index is -1.35. The number of ether oxygens (including phenoxy) is 8. The molecule has 4 aliphatic heterocycles. The van der Waals surface area contributed by atoms with Crippen molar-refractivity contribution in [2.45, 2.75) is 276 Å². The highest BCUT2D eigenvalue weighted by atomic mass is 79.9. The van der Waals surface area contributed by atoms with Crippen LogP contribution < -0.4 is 9.80 Å². The van der Waals surface area contributed by atoms with Crippen molar-refractivity contribution in [3.8, 4) is 44.8 Å². The van der Waals surface area contributed by atoms with E-state index >= 15 is 0 Å². The van der Waals surface area contributed by atoms with E-state index in [4.69, 9.17) is 68.0 Å². The molecule has 10 heterocycles. The number of carbonyl (C=O) groups is 2. The summed E-state index contributed by atoms with van der Waals surface area (Å²) in [6.07, 6.45) is 16.3. The number of hydrogen-bond acceptors (Lipinski definition) is 18. The summed E-state index contributed by atoms with van der Waals surface area (Å²) in [6, 6.07) is 33.2. The zero-order valence-electron chi connectivity index (χ0n) is 76.1. The summed E-state index contributed by atoms with van der Waals surface area (Å²) in [5, 5.41) is 10.1. The van der Waals surface area contributed by atoms with Crippen LogP contribution in [-0.2, 0) is 37.9 Å². The Balaban J connectivity index is 0.000000236. The molecule has 6 aromatic heterocycles. The lowest BCUT2D eigenvalue weighted by Gasteiger charge is -2.48. The Morgan fingerprint density at radius 1 is 0.475 bits per heavy atom. The van der Waals surface area contributed by atoms with Gasteiger partial charge in [0.25, 0.3) is 0 Å². The Bertz CT molecular complexity index is 4600. The fourth-order valence-electron chi connectivity index (χ4n) is 15.9. The van der Waals surface area contributed by atoms with Crippen molar-refractivity contribution in [1.82, 2.24) is 49.0 Å². The number of amides is 2. The van der Waals surface area contributed by atoms with Gasteiger partial charge in [0.2, 0.25) is 0 Å². The quantitative estimate of drug-likeness (QED) is 0.0162. The first-order chi connectivity index (χ1) is 56.7. The number of nitrogens with zero attached hydrogens (tertiary/aromatic N) is 12. The van der Waals surface area contributed by atoms with Gasteiger partial charge in [0.05, 0.1) is 64.2 Å². The number of allylic oxidation sites excluding steroid dienone is 1. The van der Waals surface area contributed by atoms with E-state index in [1.54, 1.807) is 0 Å². The normalized spacial score (nSPS) is 18.3. The van der Waals surface area contributed by atoms with Crippen LogP contribution in [-0.4, -0.2) is 195 Å². The van der Waals surface area contributed by atoms with Gasteiger partial charge in [-0.05, 0) is 179 Å². The minimum absolute atomic E-state index is 0.0174.